The zero-order chi connectivity index (χ0) is 12.4. The van der Waals surface area contributed by atoms with Crippen molar-refractivity contribution in [2.45, 2.75) is 26.4 Å². The van der Waals surface area contributed by atoms with Crippen molar-refractivity contribution in [3.8, 4) is 0 Å². The van der Waals surface area contributed by atoms with Crippen LogP contribution < -0.4 is 0 Å². The van der Waals surface area contributed by atoms with Crippen LogP contribution in [-0.2, 0) is 6.42 Å². The minimum Gasteiger partial charge on any atom is -0.387 e. The largest absolute Gasteiger partial charge is 0.387 e. The lowest BCUT2D eigenvalue weighted by atomic mass is 10.1. The number of hydrogen-bond donors (Lipinski definition) is 1. The second kappa shape index (κ2) is 5.21. The highest BCUT2D eigenvalue weighted by molar-refractivity contribution is 7.12. The minimum absolute atomic E-state index is 0.464. The number of aliphatic hydroxyl groups excluding tert-OH is 1. The highest BCUT2D eigenvalue weighted by atomic mass is 35.5. The van der Waals surface area contributed by atoms with Crippen LogP contribution in [0.1, 0.15) is 27.0 Å². The molecule has 17 heavy (non-hydrogen) atoms. The van der Waals surface area contributed by atoms with Crippen molar-refractivity contribution in [3.63, 3.8) is 0 Å². The Morgan fingerprint density at radius 2 is 2.00 bits per heavy atom. The molecular formula is C14H15ClOS. The van der Waals surface area contributed by atoms with E-state index in [1.54, 1.807) is 11.3 Å². The second-order valence-corrected chi connectivity index (χ2v) is 5.99. The van der Waals surface area contributed by atoms with Crippen LogP contribution in [0.2, 0.25) is 5.02 Å². The Labute approximate surface area is 111 Å². The molecule has 0 aliphatic heterocycles. The molecule has 0 saturated heterocycles. The second-order valence-electron chi connectivity index (χ2n) is 4.26. The van der Waals surface area contributed by atoms with Gasteiger partial charge in [0.1, 0.15) is 0 Å². The van der Waals surface area contributed by atoms with Crippen molar-refractivity contribution in [3.05, 3.63) is 56.2 Å². The molecule has 0 saturated carbocycles. The molecule has 0 bridgehead atoms. The number of halogens is 1. The van der Waals surface area contributed by atoms with Gasteiger partial charge in [0.15, 0.2) is 0 Å². The summed E-state index contributed by atoms with van der Waals surface area (Å²) in [4.78, 5) is 2.22. The predicted molar refractivity (Wildman–Crippen MR) is 73.9 cm³/mol. The third-order valence-corrected chi connectivity index (χ3v) is 4.17. The molecule has 0 aliphatic rings. The van der Waals surface area contributed by atoms with E-state index in [-0.39, 0.29) is 0 Å². The van der Waals surface area contributed by atoms with Crippen molar-refractivity contribution in [1.82, 2.24) is 0 Å². The molecule has 1 heterocycles. The van der Waals surface area contributed by atoms with Crippen molar-refractivity contribution < 1.29 is 5.11 Å². The third-order valence-electron chi connectivity index (χ3n) is 2.71. The Hall–Kier alpha value is -0.830. The molecule has 1 unspecified atom stereocenters. The molecule has 0 fully saturated rings. The van der Waals surface area contributed by atoms with E-state index >= 15 is 0 Å². The van der Waals surface area contributed by atoms with Crippen molar-refractivity contribution in [2.75, 3.05) is 0 Å². The van der Waals surface area contributed by atoms with Gasteiger partial charge in [0, 0.05) is 21.2 Å². The van der Waals surface area contributed by atoms with Gasteiger partial charge in [-0.2, -0.15) is 0 Å². The van der Waals surface area contributed by atoms with Gasteiger partial charge < -0.3 is 5.11 Å². The molecule has 2 rings (SSSR count). The van der Waals surface area contributed by atoms with Crippen LogP contribution in [0.3, 0.4) is 0 Å². The lowest BCUT2D eigenvalue weighted by molar-refractivity contribution is 0.182. The zero-order valence-electron chi connectivity index (χ0n) is 9.90. The maximum Gasteiger partial charge on any atom is 0.0922 e. The van der Waals surface area contributed by atoms with E-state index in [9.17, 15) is 5.11 Å². The Kier molecular flexibility index (Phi) is 3.87. The first-order valence-electron chi connectivity index (χ1n) is 5.55. The van der Waals surface area contributed by atoms with Crippen molar-refractivity contribution >= 4 is 22.9 Å². The van der Waals surface area contributed by atoms with E-state index in [2.05, 4.69) is 0 Å². The van der Waals surface area contributed by atoms with Gasteiger partial charge in [0.05, 0.1) is 6.10 Å². The molecule has 1 nitrogen and oxygen atoms in total. The fourth-order valence-electron chi connectivity index (χ4n) is 1.76. The Bertz CT molecular complexity index is 519. The summed E-state index contributed by atoms with van der Waals surface area (Å²) in [6.45, 7) is 4.05. The van der Waals surface area contributed by atoms with Crippen LogP contribution in [-0.4, -0.2) is 5.11 Å². The topological polar surface area (TPSA) is 20.2 Å². The van der Waals surface area contributed by atoms with Gasteiger partial charge in [-0.1, -0.05) is 23.7 Å². The molecule has 0 spiro atoms. The van der Waals surface area contributed by atoms with Crippen molar-refractivity contribution in [1.29, 1.82) is 0 Å². The van der Waals surface area contributed by atoms with Crippen LogP contribution in [0.15, 0.2) is 30.3 Å². The summed E-state index contributed by atoms with van der Waals surface area (Å²) >= 11 is 7.79. The summed E-state index contributed by atoms with van der Waals surface area (Å²) in [7, 11) is 0. The molecule has 0 amide bonds. The van der Waals surface area contributed by atoms with Gasteiger partial charge in [-0.25, -0.2) is 0 Å². The molecule has 1 aromatic carbocycles. The fourth-order valence-corrected chi connectivity index (χ4v) is 2.93. The number of aryl methyl sites for hydroxylation is 2. The first-order chi connectivity index (χ1) is 8.06. The normalized spacial score (nSPS) is 12.7. The minimum atomic E-state index is -0.464. The fraction of sp³-hybridized carbons (Fsp3) is 0.286. The molecule has 2 aromatic rings. The molecule has 3 heteroatoms. The number of aliphatic hydroxyl groups is 1. The highest BCUT2D eigenvalue weighted by Crippen LogP contribution is 2.28. The summed E-state index contributed by atoms with van der Waals surface area (Å²) < 4.78 is 0. The Balaban J connectivity index is 2.15. The van der Waals surface area contributed by atoms with Gasteiger partial charge in [0.2, 0.25) is 0 Å². The summed E-state index contributed by atoms with van der Waals surface area (Å²) in [5.41, 5.74) is 2.14. The Morgan fingerprint density at radius 3 is 2.59 bits per heavy atom. The molecule has 0 aliphatic carbocycles. The quantitative estimate of drug-likeness (QED) is 0.878. The number of rotatable bonds is 3. The average Bonchev–Trinajstić information content (AvgIpc) is 2.69. The van der Waals surface area contributed by atoms with Crippen molar-refractivity contribution in [2.24, 2.45) is 0 Å². The molecule has 90 valence electrons. The van der Waals surface area contributed by atoms with Gasteiger partial charge in [-0.3, -0.25) is 0 Å². The molecule has 0 radical (unpaired) electrons. The van der Waals surface area contributed by atoms with Gasteiger partial charge in [-0.05, 0) is 43.2 Å². The number of benzene rings is 1. The maximum atomic E-state index is 10.1. The maximum absolute atomic E-state index is 10.1. The standard InChI is InChI=1S/C14H15ClOS/c1-9-3-5-11(12(15)7-9)8-13(16)14-6-4-10(2)17-14/h3-7,13,16H,8H2,1-2H3. The first-order valence-corrected chi connectivity index (χ1v) is 6.75. The summed E-state index contributed by atoms with van der Waals surface area (Å²) in [5, 5.41) is 10.9. The number of thiophene rings is 1. The van der Waals surface area contributed by atoms with Gasteiger partial charge in [-0.15, -0.1) is 11.3 Å². The Morgan fingerprint density at radius 1 is 1.24 bits per heavy atom. The van der Waals surface area contributed by atoms with E-state index in [1.807, 2.05) is 44.2 Å². The van der Waals surface area contributed by atoms with E-state index in [0.29, 0.717) is 6.42 Å². The molecule has 1 N–H and O–H groups in total. The SMILES string of the molecule is Cc1ccc(CC(O)c2ccc(C)s2)c(Cl)c1. The van der Waals surface area contributed by atoms with Crippen LogP contribution in [0.25, 0.3) is 0 Å². The summed E-state index contributed by atoms with van der Waals surface area (Å²) in [6, 6.07) is 9.95. The van der Waals surface area contributed by atoms with Crippen LogP contribution in [0, 0.1) is 13.8 Å². The first kappa shape index (κ1) is 12.6. The molecule has 1 aromatic heterocycles. The average molecular weight is 267 g/mol. The third kappa shape index (κ3) is 3.09. The van der Waals surface area contributed by atoms with E-state index in [0.717, 1.165) is 21.0 Å². The molecule has 1 atom stereocenters. The van der Waals surface area contributed by atoms with Crippen LogP contribution in [0.5, 0.6) is 0 Å². The summed E-state index contributed by atoms with van der Waals surface area (Å²) in [5.74, 6) is 0. The lowest BCUT2D eigenvalue weighted by Gasteiger charge is -2.10. The van der Waals surface area contributed by atoms with Gasteiger partial charge in [0.25, 0.3) is 0 Å². The van der Waals surface area contributed by atoms with E-state index < -0.39 is 6.10 Å². The molecular weight excluding hydrogens is 252 g/mol. The van der Waals surface area contributed by atoms with Crippen LogP contribution in [0.4, 0.5) is 0 Å². The smallest absolute Gasteiger partial charge is 0.0922 e. The predicted octanol–water partition coefficient (Wildman–Crippen LogP) is 4.29. The van der Waals surface area contributed by atoms with E-state index in [1.165, 1.54) is 4.88 Å². The van der Waals surface area contributed by atoms with E-state index in [4.69, 9.17) is 11.6 Å². The lowest BCUT2D eigenvalue weighted by Crippen LogP contribution is -2.00. The highest BCUT2D eigenvalue weighted by Gasteiger charge is 2.12. The zero-order valence-corrected chi connectivity index (χ0v) is 11.5. The number of hydrogen-bond acceptors (Lipinski definition) is 2. The summed E-state index contributed by atoms with van der Waals surface area (Å²) in [6.07, 6.45) is 0.105. The van der Waals surface area contributed by atoms with Gasteiger partial charge >= 0.3 is 0 Å². The monoisotopic (exact) mass is 266 g/mol. The van der Waals surface area contributed by atoms with Crippen LogP contribution >= 0.6 is 22.9 Å².